The van der Waals surface area contributed by atoms with Crippen LogP contribution in [-0.2, 0) is 4.79 Å². The van der Waals surface area contributed by atoms with Gasteiger partial charge in [0.2, 0.25) is 5.91 Å². The van der Waals surface area contributed by atoms with Gasteiger partial charge in [-0.3, -0.25) is 4.79 Å². The van der Waals surface area contributed by atoms with Gasteiger partial charge in [0, 0.05) is 23.8 Å². The number of hydrogen-bond acceptors (Lipinski definition) is 6. The summed E-state index contributed by atoms with van der Waals surface area (Å²) < 4.78 is 2.00. The Hall–Kier alpha value is -3.42. The van der Waals surface area contributed by atoms with Crippen molar-refractivity contribution >= 4 is 28.9 Å². The molecule has 3 aromatic rings. The Morgan fingerprint density at radius 1 is 1.17 bits per heavy atom. The predicted octanol–water partition coefficient (Wildman–Crippen LogP) is 2.08. The molecule has 3 N–H and O–H groups in total. The van der Waals surface area contributed by atoms with E-state index < -0.39 is 0 Å². The van der Waals surface area contributed by atoms with Crippen LogP contribution < -0.4 is 16.0 Å². The lowest BCUT2D eigenvalue weighted by Crippen LogP contribution is -2.28. The fourth-order valence-electron chi connectivity index (χ4n) is 2.57. The van der Waals surface area contributed by atoms with Gasteiger partial charge < -0.3 is 20.5 Å². The monoisotopic (exact) mass is 321 g/mol. The van der Waals surface area contributed by atoms with Crippen molar-refractivity contribution in [3.8, 4) is 5.69 Å². The highest BCUT2D eigenvalue weighted by Crippen LogP contribution is 2.30. The molecule has 0 unspecified atom stereocenters. The Balaban J connectivity index is 1.60. The first kappa shape index (κ1) is 14.2. The summed E-state index contributed by atoms with van der Waals surface area (Å²) in [4.78, 5) is 24.1. The van der Waals surface area contributed by atoms with Crippen LogP contribution in [0, 0.1) is 6.92 Å². The molecule has 1 aliphatic rings. The number of nitrogens with one attached hydrogen (secondary N) is 3. The molecule has 0 atom stereocenters. The summed E-state index contributed by atoms with van der Waals surface area (Å²) in [5.74, 6) is 1.96. The Kier molecular flexibility index (Phi) is 3.34. The molecule has 1 aliphatic heterocycles. The van der Waals surface area contributed by atoms with Gasteiger partial charge in [0.1, 0.15) is 17.8 Å². The lowest BCUT2D eigenvalue weighted by molar-refractivity contribution is -0.114. The number of imidazole rings is 1. The molecule has 0 bridgehead atoms. The van der Waals surface area contributed by atoms with Crippen LogP contribution in [0.3, 0.4) is 0 Å². The third-order valence-corrected chi connectivity index (χ3v) is 3.76. The van der Waals surface area contributed by atoms with Gasteiger partial charge in [-0.15, -0.1) is 0 Å². The zero-order chi connectivity index (χ0) is 16.5. The zero-order valence-electron chi connectivity index (χ0n) is 12.9. The van der Waals surface area contributed by atoms with Crippen LogP contribution in [0.4, 0.5) is 23.0 Å². The summed E-state index contributed by atoms with van der Waals surface area (Å²) in [5, 5.41) is 8.96. The van der Waals surface area contributed by atoms with Crippen molar-refractivity contribution < 1.29 is 4.79 Å². The van der Waals surface area contributed by atoms with Crippen LogP contribution in [0.5, 0.6) is 0 Å². The molecule has 8 nitrogen and oxygen atoms in total. The van der Waals surface area contributed by atoms with Crippen molar-refractivity contribution in [2.75, 3.05) is 22.5 Å². The van der Waals surface area contributed by atoms with Gasteiger partial charge >= 0.3 is 0 Å². The number of amides is 1. The first-order valence-corrected chi connectivity index (χ1v) is 7.47. The fourth-order valence-corrected chi connectivity index (χ4v) is 2.57. The highest BCUT2D eigenvalue weighted by Gasteiger charge is 2.19. The molecule has 3 heterocycles. The van der Waals surface area contributed by atoms with Crippen LogP contribution in [-0.4, -0.2) is 32.0 Å². The molecule has 0 saturated carbocycles. The lowest BCUT2D eigenvalue weighted by atomic mass is 10.2. The SMILES string of the molecule is Cc1nccn1-c1ccc(Nc2ncnc3c2NC(=O)CN3)cc1. The molecule has 1 amide bonds. The highest BCUT2D eigenvalue weighted by atomic mass is 16.2. The molecule has 1 aromatic carbocycles. The fraction of sp³-hybridized carbons (Fsp3) is 0.125. The third-order valence-electron chi connectivity index (χ3n) is 3.76. The molecule has 0 fully saturated rings. The van der Waals surface area contributed by atoms with Crippen molar-refractivity contribution in [1.29, 1.82) is 0 Å². The molecule has 8 heteroatoms. The second-order valence-corrected chi connectivity index (χ2v) is 5.36. The number of anilines is 4. The van der Waals surface area contributed by atoms with E-state index in [4.69, 9.17) is 0 Å². The number of nitrogens with zero attached hydrogens (tertiary/aromatic N) is 4. The Labute approximate surface area is 138 Å². The van der Waals surface area contributed by atoms with Gasteiger partial charge in [-0.1, -0.05) is 0 Å². The Bertz CT molecular complexity index is 901. The smallest absolute Gasteiger partial charge is 0.243 e. The Morgan fingerprint density at radius 2 is 2.00 bits per heavy atom. The summed E-state index contributed by atoms with van der Waals surface area (Å²) in [7, 11) is 0. The molecule has 24 heavy (non-hydrogen) atoms. The van der Waals surface area contributed by atoms with Crippen LogP contribution >= 0.6 is 0 Å². The highest BCUT2D eigenvalue weighted by molar-refractivity contribution is 6.03. The average Bonchev–Trinajstić information content (AvgIpc) is 3.02. The van der Waals surface area contributed by atoms with Crippen LogP contribution in [0.15, 0.2) is 43.0 Å². The largest absolute Gasteiger partial charge is 0.359 e. The van der Waals surface area contributed by atoms with Gasteiger partial charge in [0.25, 0.3) is 0 Å². The predicted molar refractivity (Wildman–Crippen MR) is 90.7 cm³/mol. The van der Waals surface area contributed by atoms with Crippen LogP contribution in [0.1, 0.15) is 5.82 Å². The maximum Gasteiger partial charge on any atom is 0.243 e. The number of benzene rings is 1. The maximum atomic E-state index is 11.6. The summed E-state index contributed by atoms with van der Waals surface area (Å²) in [6.07, 6.45) is 5.14. The molecule has 4 rings (SSSR count). The van der Waals surface area contributed by atoms with Crippen LogP contribution in [0.25, 0.3) is 5.69 Å². The average molecular weight is 321 g/mol. The quantitative estimate of drug-likeness (QED) is 0.683. The van der Waals surface area contributed by atoms with E-state index in [0.29, 0.717) is 17.3 Å². The molecule has 0 aliphatic carbocycles. The molecule has 0 radical (unpaired) electrons. The van der Waals surface area contributed by atoms with Crippen molar-refractivity contribution in [2.45, 2.75) is 6.92 Å². The first-order chi connectivity index (χ1) is 11.7. The molecular weight excluding hydrogens is 306 g/mol. The van der Waals surface area contributed by atoms with E-state index in [2.05, 4.69) is 30.9 Å². The summed E-state index contributed by atoms with van der Waals surface area (Å²) in [6, 6.07) is 7.87. The third kappa shape index (κ3) is 2.54. The topological polar surface area (TPSA) is 96.8 Å². The number of fused-ring (bicyclic) bond motifs is 1. The maximum absolute atomic E-state index is 11.6. The summed E-state index contributed by atoms with van der Waals surface area (Å²) in [5.41, 5.74) is 2.44. The van der Waals surface area contributed by atoms with Crippen molar-refractivity contribution in [3.63, 3.8) is 0 Å². The number of aryl methyl sites for hydroxylation is 1. The number of rotatable bonds is 3. The molecule has 2 aromatic heterocycles. The van der Waals surface area contributed by atoms with Gasteiger partial charge in [0.05, 0.1) is 6.54 Å². The first-order valence-electron chi connectivity index (χ1n) is 7.47. The van der Waals surface area contributed by atoms with Crippen molar-refractivity contribution in [3.05, 3.63) is 48.8 Å². The normalized spacial score (nSPS) is 13.0. The molecule has 0 spiro atoms. The van der Waals surface area contributed by atoms with Crippen LogP contribution in [0.2, 0.25) is 0 Å². The van der Waals surface area contributed by atoms with E-state index in [9.17, 15) is 4.79 Å². The van der Waals surface area contributed by atoms with Gasteiger partial charge in [-0.05, 0) is 31.2 Å². The number of hydrogen-bond donors (Lipinski definition) is 3. The minimum atomic E-state index is -0.119. The summed E-state index contributed by atoms with van der Waals surface area (Å²) in [6.45, 7) is 2.16. The second-order valence-electron chi connectivity index (χ2n) is 5.36. The number of aromatic nitrogens is 4. The lowest BCUT2D eigenvalue weighted by Gasteiger charge is -2.20. The molecular formula is C16H15N7O. The van der Waals surface area contributed by atoms with Crippen molar-refractivity contribution in [2.24, 2.45) is 0 Å². The summed E-state index contributed by atoms with van der Waals surface area (Å²) >= 11 is 0. The van der Waals surface area contributed by atoms with E-state index in [1.807, 2.05) is 42.0 Å². The second kappa shape index (κ2) is 5.65. The standard InChI is InChI=1S/C16H15N7O/c1-10-17-6-7-23(10)12-4-2-11(3-5-12)21-16-14-15(19-9-20-16)18-8-13(24)22-14/h2-7,9H,8H2,1H3,(H,22,24)(H2,18,19,20,21). The molecule has 120 valence electrons. The minimum Gasteiger partial charge on any atom is -0.359 e. The van der Waals surface area contributed by atoms with E-state index in [-0.39, 0.29) is 12.5 Å². The van der Waals surface area contributed by atoms with E-state index >= 15 is 0 Å². The van der Waals surface area contributed by atoms with Gasteiger partial charge in [0.15, 0.2) is 11.6 Å². The number of carbonyl (C=O) groups is 1. The van der Waals surface area contributed by atoms with Gasteiger partial charge in [-0.25, -0.2) is 15.0 Å². The molecule has 0 saturated heterocycles. The van der Waals surface area contributed by atoms with Crippen molar-refractivity contribution in [1.82, 2.24) is 19.5 Å². The number of carbonyl (C=O) groups excluding carboxylic acids is 1. The van der Waals surface area contributed by atoms with E-state index in [0.717, 1.165) is 17.2 Å². The van der Waals surface area contributed by atoms with E-state index in [1.165, 1.54) is 6.33 Å². The Morgan fingerprint density at radius 3 is 2.75 bits per heavy atom. The van der Waals surface area contributed by atoms with Gasteiger partial charge in [-0.2, -0.15) is 0 Å². The van der Waals surface area contributed by atoms with E-state index in [1.54, 1.807) is 6.20 Å². The minimum absolute atomic E-state index is 0.119. The zero-order valence-corrected chi connectivity index (χ0v) is 12.9.